The van der Waals surface area contributed by atoms with E-state index >= 15 is 0 Å². The molecule has 0 saturated heterocycles. The summed E-state index contributed by atoms with van der Waals surface area (Å²) in [5, 5.41) is 6.82. The fourth-order valence-electron chi connectivity index (χ4n) is 6.50. The number of fused-ring (bicyclic) bond motifs is 8. The van der Waals surface area contributed by atoms with Crippen LogP contribution in [0.3, 0.4) is 0 Å². The second-order valence-corrected chi connectivity index (χ2v) is 10.9. The number of furan rings is 2. The predicted molar refractivity (Wildman–Crippen MR) is 179 cm³/mol. The number of rotatable bonds is 4. The zero-order valence-corrected chi connectivity index (χ0v) is 23.2. The van der Waals surface area contributed by atoms with Crippen molar-refractivity contribution in [3.63, 3.8) is 0 Å². The van der Waals surface area contributed by atoms with E-state index in [1.165, 1.54) is 5.56 Å². The summed E-state index contributed by atoms with van der Waals surface area (Å²) in [5.74, 6) is 0. The summed E-state index contributed by atoms with van der Waals surface area (Å²) in [7, 11) is 0. The third-order valence-corrected chi connectivity index (χ3v) is 8.45. The topological polar surface area (TPSA) is 29.5 Å². The molecular weight excluding hydrogens is 526 g/mol. The van der Waals surface area contributed by atoms with Gasteiger partial charge in [0, 0.05) is 44.4 Å². The van der Waals surface area contributed by atoms with Crippen LogP contribution < -0.4 is 4.90 Å². The summed E-state index contributed by atoms with van der Waals surface area (Å²) in [6.45, 7) is 0. The fourth-order valence-corrected chi connectivity index (χ4v) is 6.50. The van der Waals surface area contributed by atoms with Gasteiger partial charge in [-0.1, -0.05) is 91.0 Å². The SMILES string of the molecule is c1ccc(-c2cccc(N(c3ccc4c(c3)oc3ccccc34)c3cccc4c3ccc3oc5ccccc5c34)c2)cc1. The van der Waals surface area contributed by atoms with E-state index in [2.05, 4.69) is 132 Å². The van der Waals surface area contributed by atoms with Gasteiger partial charge in [0.1, 0.15) is 22.3 Å². The highest BCUT2D eigenvalue weighted by Gasteiger charge is 2.20. The fraction of sp³-hybridized carbons (Fsp3) is 0. The Hall–Kier alpha value is -5.80. The molecule has 202 valence electrons. The lowest BCUT2D eigenvalue weighted by Gasteiger charge is -2.27. The number of benzene rings is 7. The third kappa shape index (κ3) is 3.75. The Morgan fingerprint density at radius 3 is 1.86 bits per heavy atom. The smallest absolute Gasteiger partial charge is 0.137 e. The molecule has 3 nitrogen and oxygen atoms in total. The molecule has 0 spiro atoms. The van der Waals surface area contributed by atoms with Gasteiger partial charge >= 0.3 is 0 Å². The molecule has 2 aromatic heterocycles. The van der Waals surface area contributed by atoms with Crippen molar-refractivity contribution in [3.8, 4) is 11.1 Å². The molecular formula is C40H25NO2. The summed E-state index contributed by atoms with van der Waals surface area (Å²) in [6, 6.07) is 53.2. The van der Waals surface area contributed by atoms with E-state index in [9.17, 15) is 0 Å². The van der Waals surface area contributed by atoms with Gasteiger partial charge in [-0.05, 0) is 71.1 Å². The average molecular weight is 552 g/mol. The van der Waals surface area contributed by atoms with Crippen molar-refractivity contribution in [2.45, 2.75) is 0 Å². The maximum atomic E-state index is 6.35. The Labute approximate surface area is 247 Å². The molecule has 0 bridgehead atoms. The Balaban J connectivity index is 1.32. The number of nitrogens with zero attached hydrogens (tertiary/aromatic N) is 1. The van der Waals surface area contributed by atoms with Gasteiger partial charge in [-0.25, -0.2) is 0 Å². The Morgan fingerprint density at radius 1 is 0.349 bits per heavy atom. The number of hydrogen-bond acceptors (Lipinski definition) is 3. The van der Waals surface area contributed by atoms with Gasteiger partial charge in [0.2, 0.25) is 0 Å². The van der Waals surface area contributed by atoms with E-state index in [1.807, 2.05) is 24.3 Å². The summed E-state index contributed by atoms with van der Waals surface area (Å²) in [4.78, 5) is 2.34. The second-order valence-electron chi connectivity index (χ2n) is 10.9. The molecule has 0 aliphatic carbocycles. The van der Waals surface area contributed by atoms with E-state index in [0.29, 0.717) is 0 Å². The van der Waals surface area contributed by atoms with Crippen LogP contribution in [-0.4, -0.2) is 0 Å². The molecule has 0 fully saturated rings. The molecule has 2 heterocycles. The molecule has 9 rings (SSSR count). The minimum atomic E-state index is 0.867. The standard InChI is InChI=1S/C40H25NO2/c1-2-10-26(11-3-1)27-12-8-13-28(24-27)41(29-20-21-32-31-14-4-6-18-36(31)43-39(32)25-29)35-17-9-16-33-30(35)22-23-38-40(33)34-15-5-7-19-37(34)42-38/h1-25H. The van der Waals surface area contributed by atoms with Gasteiger partial charge in [-0.15, -0.1) is 0 Å². The summed E-state index contributed by atoms with van der Waals surface area (Å²) >= 11 is 0. The molecule has 9 aromatic rings. The van der Waals surface area contributed by atoms with Gasteiger partial charge in [0.25, 0.3) is 0 Å². The molecule has 0 radical (unpaired) electrons. The first kappa shape index (κ1) is 23.9. The zero-order chi connectivity index (χ0) is 28.3. The van der Waals surface area contributed by atoms with Crippen LogP contribution >= 0.6 is 0 Å². The molecule has 7 aromatic carbocycles. The molecule has 0 N–H and O–H groups in total. The van der Waals surface area contributed by atoms with Gasteiger partial charge in [-0.2, -0.15) is 0 Å². The zero-order valence-electron chi connectivity index (χ0n) is 23.2. The lowest BCUT2D eigenvalue weighted by atomic mass is 10.0. The van der Waals surface area contributed by atoms with Crippen LogP contribution in [0.2, 0.25) is 0 Å². The van der Waals surface area contributed by atoms with Crippen LogP contribution in [0, 0.1) is 0 Å². The van der Waals surface area contributed by atoms with Crippen molar-refractivity contribution in [1.82, 2.24) is 0 Å². The Morgan fingerprint density at radius 2 is 0.977 bits per heavy atom. The molecule has 0 aliphatic rings. The molecule has 0 aliphatic heterocycles. The largest absolute Gasteiger partial charge is 0.456 e. The van der Waals surface area contributed by atoms with Gasteiger partial charge < -0.3 is 13.7 Å². The van der Waals surface area contributed by atoms with Crippen molar-refractivity contribution in [3.05, 3.63) is 152 Å². The minimum Gasteiger partial charge on any atom is -0.456 e. The maximum Gasteiger partial charge on any atom is 0.137 e. The van der Waals surface area contributed by atoms with E-state index < -0.39 is 0 Å². The van der Waals surface area contributed by atoms with Crippen LogP contribution in [0.4, 0.5) is 17.1 Å². The second kappa shape index (κ2) is 9.37. The highest BCUT2D eigenvalue weighted by atomic mass is 16.3. The van der Waals surface area contributed by atoms with Crippen molar-refractivity contribution in [2.75, 3.05) is 4.90 Å². The first-order valence-electron chi connectivity index (χ1n) is 14.5. The third-order valence-electron chi connectivity index (χ3n) is 8.45. The van der Waals surface area contributed by atoms with Crippen LogP contribution in [0.5, 0.6) is 0 Å². The Bertz CT molecular complexity index is 2470. The van der Waals surface area contributed by atoms with Crippen molar-refractivity contribution < 1.29 is 8.83 Å². The number of hydrogen-bond donors (Lipinski definition) is 0. The molecule has 43 heavy (non-hydrogen) atoms. The van der Waals surface area contributed by atoms with Crippen molar-refractivity contribution in [1.29, 1.82) is 0 Å². The van der Waals surface area contributed by atoms with E-state index in [0.717, 1.165) is 77.3 Å². The van der Waals surface area contributed by atoms with Gasteiger partial charge in [-0.3, -0.25) is 0 Å². The van der Waals surface area contributed by atoms with Gasteiger partial charge in [0.05, 0.1) is 5.69 Å². The Kier molecular flexibility index (Phi) is 5.20. The maximum absolute atomic E-state index is 6.35. The van der Waals surface area contributed by atoms with Crippen molar-refractivity contribution in [2.24, 2.45) is 0 Å². The van der Waals surface area contributed by atoms with Crippen molar-refractivity contribution >= 4 is 71.7 Å². The first-order chi connectivity index (χ1) is 21.3. The van der Waals surface area contributed by atoms with Crippen LogP contribution in [-0.2, 0) is 0 Å². The van der Waals surface area contributed by atoms with E-state index in [-0.39, 0.29) is 0 Å². The lowest BCUT2D eigenvalue weighted by molar-refractivity contribution is 0.668. The lowest BCUT2D eigenvalue weighted by Crippen LogP contribution is -2.10. The van der Waals surface area contributed by atoms with Crippen LogP contribution in [0.1, 0.15) is 0 Å². The first-order valence-corrected chi connectivity index (χ1v) is 14.5. The highest BCUT2D eigenvalue weighted by molar-refractivity contribution is 6.21. The predicted octanol–water partition coefficient (Wildman–Crippen LogP) is 11.8. The molecule has 0 atom stereocenters. The van der Waals surface area contributed by atoms with Crippen LogP contribution in [0.25, 0.3) is 65.8 Å². The summed E-state index contributed by atoms with van der Waals surface area (Å²) in [6.07, 6.45) is 0. The summed E-state index contributed by atoms with van der Waals surface area (Å²) in [5.41, 5.74) is 9.09. The number of anilines is 3. The van der Waals surface area contributed by atoms with Gasteiger partial charge in [0.15, 0.2) is 0 Å². The van der Waals surface area contributed by atoms with E-state index in [1.54, 1.807) is 0 Å². The molecule has 3 heteroatoms. The molecule has 0 unspecified atom stereocenters. The number of para-hydroxylation sites is 2. The molecule has 0 amide bonds. The summed E-state index contributed by atoms with van der Waals surface area (Å²) < 4.78 is 12.6. The average Bonchev–Trinajstić information content (AvgIpc) is 3.64. The van der Waals surface area contributed by atoms with E-state index in [4.69, 9.17) is 8.83 Å². The monoisotopic (exact) mass is 551 g/mol. The minimum absolute atomic E-state index is 0.867. The quantitative estimate of drug-likeness (QED) is 0.218. The highest BCUT2D eigenvalue weighted by Crippen LogP contribution is 2.44. The molecule has 0 saturated carbocycles. The normalized spacial score (nSPS) is 11.7. The van der Waals surface area contributed by atoms with Crippen LogP contribution in [0.15, 0.2) is 160 Å².